The van der Waals surface area contributed by atoms with Crippen LogP contribution in [0.5, 0.6) is 0 Å². The molecule has 3 nitrogen and oxygen atoms in total. The van der Waals surface area contributed by atoms with Crippen LogP contribution < -0.4 is 5.32 Å². The van der Waals surface area contributed by atoms with E-state index in [1.165, 1.54) is 19.3 Å². The first-order valence-electron chi connectivity index (χ1n) is 8.04. The van der Waals surface area contributed by atoms with E-state index in [2.05, 4.69) is 19.2 Å². The molecule has 0 aromatic rings. The largest absolute Gasteiger partial charge is 0.466 e. The standard InChI is InChI=1S/C16H31NO2/c1-4-19-16(18)11-6-5-7-12-17-15-10-8-9-13(2)14(15)3/h13-15,17H,4-12H2,1-3H3. The maximum atomic E-state index is 11.2. The first kappa shape index (κ1) is 16.5. The zero-order valence-electron chi connectivity index (χ0n) is 12.9. The minimum absolute atomic E-state index is 0.0508. The highest BCUT2D eigenvalue weighted by Gasteiger charge is 2.26. The van der Waals surface area contributed by atoms with Crippen LogP contribution in [0.15, 0.2) is 0 Å². The first-order valence-corrected chi connectivity index (χ1v) is 8.04. The number of nitrogens with one attached hydrogen (secondary N) is 1. The molecule has 0 aromatic heterocycles. The van der Waals surface area contributed by atoms with E-state index in [0.717, 1.165) is 37.6 Å². The van der Waals surface area contributed by atoms with Gasteiger partial charge in [0.05, 0.1) is 6.61 Å². The highest BCUT2D eigenvalue weighted by molar-refractivity contribution is 5.69. The predicted molar refractivity (Wildman–Crippen MR) is 79.1 cm³/mol. The van der Waals surface area contributed by atoms with Crippen LogP contribution in [-0.4, -0.2) is 25.2 Å². The Morgan fingerprint density at radius 1 is 1.21 bits per heavy atom. The molecule has 1 fully saturated rings. The Balaban J connectivity index is 2.00. The van der Waals surface area contributed by atoms with Crippen LogP contribution in [0.25, 0.3) is 0 Å². The maximum Gasteiger partial charge on any atom is 0.305 e. The van der Waals surface area contributed by atoms with Gasteiger partial charge in [-0.3, -0.25) is 4.79 Å². The van der Waals surface area contributed by atoms with Crippen molar-refractivity contribution in [2.75, 3.05) is 13.2 Å². The summed E-state index contributed by atoms with van der Waals surface area (Å²) < 4.78 is 4.91. The molecule has 1 aliphatic rings. The Morgan fingerprint density at radius 2 is 2.00 bits per heavy atom. The molecule has 0 saturated heterocycles. The fraction of sp³-hybridized carbons (Fsp3) is 0.938. The number of rotatable bonds is 8. The monoisotopic (exact) mass is 269 g/mol. The molecule has 3 atom stereocenters. The number of unbranched alkanes of at least 4 members (excludes halogenated alkanes) is 2. The normalized spacial score (nSPS) is 27.2. The van der Waals surface area contributed by atoms with Crippen molar-refractivity contribution in [1.29, 1.82) is 0 Å². The highest BCUT2D eigenvalue weighted by atomic mass is 16.5. The van der Waals surface area contributed by atoms with Crippen LogP contribution in [0.4, 0.5) is 0 Å². The molecular weight excluding hydrogens is 238 g/mol. The van der Waals surface area contributed by atoms with Gasteiger partial charge < -0.3 is 10.1 Å². The molecule has 0 bridgehead atoms. The second-order valence-electron chi connectivity index (χ2n) is 5.94. The third-order valence-electron chi connectivity index (χ3n) is 4.48. The third kappa shape index (κ3) is 6.42. The summed E-state index contributed by atoms with van der Waals surface area (Å²) in [7, 11) is 0. The summed E-state index contributed by atoms with van der Waals surface area (Å²) >= 11 is 0. The van der Waals surface area contributed by atoms with Crippen molar-refractivity contribution in [1.82, 2.24) is 5.32 Å². The van der Waals surface area contributed by atoms with Gasteiger partial charge in [0.25, 0.3) is 0 Å². The summed E-state index contributed by atoms with van der Waals surface area (Å²) in [6.45, 7) is 8.19. The molecule has 0 heterocycles. The maximum absolute atomic E-state index is 11.2. The van der Waals surface area contributed by atoms with Gasteiger partial charge in [-0.2, -0.15) is 0 Å². The lowest BCUT2D eigenvalue weighted by atomic mass is 9.78. The van der Waals surface area contributed by atoms with Crippen molar-refractivity contribution < 1.29 is 9.53 Å². The van der Waals surface area contributed by atoms with Crippen molar-refractivity contribution in [2.45, 2.75) is 71.8 Å². The number of carbonyl (C=O) groups is 1. The summed E-state index contributed by atoms with van der Waals surface area (Å²) in [6.07, 6.45) is 7.89. The minimum Gasteiger partial charge on any atom is -0.466 e. The quantitative estimate of drug-likeness (QED) is 0.541. The molecule has 1 N–H and O–H groups in total. The summed E-state index contributed by atoms with van der Waals surface area (Å²) in [5.74, 6) is 1.61. The Labute approximate surface area is 118 Å². The number of esters is 1. The van der Waals surface area contributed by atoms with Gasteiger partial charge in [0.2, 0.25) is 0 Å². The van der Waals surface area contributed by atoms with E-state index in [1.54, 1.807) is 0 Å². The Hall–Kier alpha value is -0.570. The highest BCUT2D eigenvalue weighted by Crippen LogP contribution is 2.29. The average molecular weight is 269 g/mol. The molecule has 0 aliphatic heterocycles. The molecule has 1 aliphatic carbocycles. The van der Waals surface area contributed by atoms with Gasteiger partial charge in [0, 0.05) is 12.5 Å². The molecule has 112 valence electrons. The van der Waals surface area contributed by atoms with Crippen LogP contribution >= 0.6 is 0 Å². The van der Waals surface area contributed by atoms with Gasteiger partial charge in [0.15, 0.2) is 0 Å². The lowest BCUT2D eigenvalue weighted by Crippen LogP contribution is -2.40. The van der Waals surface area contributed by atoms with Crippen molar-refractivity contribution in [3.8, 4) is 0 Å². The van der Waals surface area contributed by atoms with E-state index in [1.807, 2.05) is 6.92 Å². The second-order valence-corrected chi connectivity index (χ2v) is 5.94. The fourth-order valence-electron chi connectivity index (χ4n) is 2.96. The van der Waals surface area contributed by atoms with E-state index >= 15 is 0 Å². The van der Waals surface area contributed by atoms with Gasteiger partial charge in [0.1, 0.15) is 0 Å². The zero-order chi connectivity index (χ0) is 14.1. The molecule has 0 aromatic carbocycles. The van der Waals surface area contributed by atoms with Gasteiger partial charge in [-0.05, 0) is 44.6 Å². The Kier molecular flexibility index (Phi) is 8.11. The number of ether oxygens (including phenoxy) is 1. The summed E-state index contributed by atoms with van der Waals surface area (Å²) in [4.78, 5) is 11.2. The molecule has 3 unspecified atom stereocenters. The van der Waals surface area contributed by atoms with Crippen LogP contribution in [0.3, 0.4) is 0 Å². The van der Waals surface area contributed by atoms with E-state index in [-0.39, 0.29) is 5.97 Å². The van der Waals surface area contributed by atoms with Gasteiger partial charge in [-0.1, -0.05) is 33.1 Å². The summed E-state index contributed by atoms with van der Waals surface area (Å²) in [5, 5.41) is 3.70. The van der Waals surface area contributed by atoms with E-state index < -0.39 is 0 Å². The molecule has 1 saturated carbocycles. The molecular formula is C16H31NO2. The van der Waals surface area contributed by atoms with Crippen molar-refractivity contribution in [3.05, 3.63) is 0 Å². The SMILES string of the molecule is CCOC(=O)CCCCCNC1CCCC(C)C1C. The molecule has 0 spiro atoms. The molecule has 0 radical (unpaired) electrons. The zero-order valence-corrected chi connectivity index (χ0v) is 12.9. The van der Waals surface area contributed by atoms with Crippen molar-refractivity contribution in [2.24, 2.45) is 11.8 Å². The second kappa shape index (κ2) is 9.35. The predicted octanol–water partition coefficient (Wildman–Crippen LogP) is 3.52. The van der Waals surface area contributed by atoms with Gasteiger partial charge in [-0.15, -0.1) is 0 Å². The third-order valence-corrected chi connectivity index (χ3v) is 4.48. The van der Waals surface area contributed by atoms with Crippen LogP contribution in [0.1, 0.15) is 65.7 Å². The average Bonchev–Trinajstić information content (AvgIpc) is 2.38. The van der Waals surface area contributed by atoms with Crippen LogP contribution in [0, 0.1) is 11.8 Å². The lowest BCUT2D eigenvalue weighted by molar-refractivity contribution is -0.143. The number of hydrogen-bond acceptors (Lipinski definition) is 3. The van der Waals surface area contributed by atoms with Crippen LogP contribution in [-0.2, 0) is 9.53 Å². The van der Waals surface area contributed by atoms with Gasteiger partial charge >= 0.3 is 5.97 Å². The smallest absolute Gasteiger partial charge is 0.305 e. The topological polar surface area (TPSA) is 38.3 Å². The molecule has 3 heteroatoms. The van der Waals surface area contributed by atoms with E-state index in [4.69, 9.17) is 4.74 Å². The fourth-order valence-corrected chi connectivity index (χ4v) is 2.96. The molecule has 0 amide bonds. The summed E-state index contributed by atoms with van der Waals surface area (Å²) in [5.41, 5.74) is 0. The Morgan fingerprint density at radius 3 is 2.74 bits per heavy atom. The van der Waals surface area contributed by atoms with Crippen molar-refractivity contribution >= 4 is 5.97 Å². The van der Waals surface area contributed by atoms with Gasteiger partial charge in [-0.25, -0.2) is 0 Å². The Bertz CT molecular complexity index is 255. The lowest BCUT2D eigenvalue weighted by Gasteiger charge is -2.34. The van der Waals surface area contributed by atoms with E-state index in [0.29, 0.717) is 19.1 Å². The molecule has 1 rings (SSSR count). The summed E-state index contributed by atoms with van der Waals surface area (Å²) in [6, 6.07) is 0.703. The van der Waals surface area contributed by atoms with Crippen molar-refractivity contribution in [3.63, 3.8) is 0 Å². The minimum atomic E-state index is -0.0508. The molecule has 19 heavy (non-hydrogen) atoms. The number of hydrogen-bond donors (Lipinski definition) is 1. The number of carbonyl (C=O) groups excluding carboxylic acids is 1. The van der Waals surface area contributed by atoms with Crippen LogP contribution in [0.2, 0.25) is 0 Å². The first-order chi connectivity index (χ1) is 9.15. The van der Waals surface area contributed by atoms with E-state index in [9.17, 15) is 4.79 Å².